The maximum Gasteiger partial charge on any atom is 0.136 e. The highest BCUT2D eigenvalue weighted by Crippen LogP contribution is 2.23. The Morgan fingerprint density at radius 3 is 2.47 bits per heavy atom. The standard InChI is InChI=1S/C16H15NOS/c1-18-16-8-7-14(9-15(16)10-17)12-19-11-13-5-3-2-4-6-13/h2-9H,11-12H2,1H3. The van der Waals surface area contributed by atoms with Crippen LogP contribution in [-0.4, -0.2) is 7.11 Å². The summed E-state index contributed by atoms with van der Waals surface area (Å²) in [5, 5.41) is 9.04. The number of hydrogen-bond acceptors (Lipinski definition) is 3. The van der Waals surface area contributed by atoms with Gasteiger partial charge in [-0.1, -0.05) is 36.4 Å². The van der Waals surface area contributed by atoms with E-state index in [9.17, 15) is 0 Å². The fourth-order valence-electron chi connectivity index (χ4n) is 1.79. The van der Waals surface area contributed by atoms with E-state index in [-0.39, 0.29) is 0 Å². The molecule has 3 heteroatoms. The molecule has 0 saturated carbocycles. The molecule has 0 spiro atoms. The summed E-state index contributed by atoms with van der Waals surface area (Å²) in [4.78, 5) is 0. The molecule has 0 aliphatic heterocycles. The Kier molecular flexibility index (Phi) is 4.88. The molecular weight excluding hydrogens is 254 g/mol. The zero-order valence-corrected chi connectivity index (χ0v) is 11.6. The van der Waals surface area contributed by atoms with E-state index in [1.165, 1.54) is 5.56 Å². The lowest BCUT2D eigenvalue weighted by atomic mass is 10.1. The van der Waals surface area contributed by atoms with Crippen LogP contribution in [-0.2, 0) is 11.5 Å². The largest absolute Gasteiger partial charge is 0.495 e. The predicted molar refractivity (Wildman–Crippen MR) is 79.2 cm³/mol. The minimum Gasteiger partial charge on any atom is -0.495 e. The van der Waals surface area contributed by atoms with Crippen LogP contribution in [0.3, 0.4) is 0 Å². The molecule has 2 aromatic rings. The van der Waals surface area contributed by atoms with Crippen molar-refractivity contribution < 1.29 is 4.74 Å². The summed E-state index contributed by atoms with van der Waals surface area (Å²) in [6.07, 6.45) is 0. The molecule has 2 rings (SSSR count). The number of benzene rings is 2. The molecule has 0 aromatic heterocycles. The fraction of sp³-hybridized carbons (Fsp3) is 0.188. The van der Waals surface area contributed by atoms with E-state index in [0.29, 0.717) is 11.3 Å². The molecule has 0 aliphatic carbocycles. The maximum atomic E-state index is 9.04. The molecule has 2 aromatic carbocycles. The molecule has 0 amide bonds. The van der Waals surface area contributed by atoms with Crippen LogP contribution >= 0.6 is 11.8 Å². The van der Waals surface area contributed by atoms with E-state index in [1.807, 2.05) is 36.0 Å². The van der Waals surface area contributed by atoms with Crippen molar-refractivity contribution in [2.24, 2.45) is 0 Å². The molecule has 0 bridgehead atoms. The lowest BCUT2D eigenvalue weighted by Gasteiger charge is -2.06. The SMILES string of the molecule is COc1ccc(CSCc2ccccc2)cc1C#N. The molecule has 0 unspecified atom stereocenters. The average Bonchev–Trinajstić information content (AvgIpc) is 2.48. The van der Waals surface area contributed by atoms with Crippen LogP contribution in [0.1, 0.15) is 16.7 Å². The van der Waals surface area contributed by atoms with Gasteiger partial charge >= 0.3 is 0 Å². The highest BCUT2D eigenvalue weighted by molar-refractivity contribution is 7.97. The summed E-state index contributed by atoms with van der Waals surface area (Å²) in [5.74, 6) is 2.52. The number of hydrogen-bond donors (Lipinski definition) is 0. The molecule has 0 heterocycles. The first-order valence-electron chi connectivity index (χ1n) is 6.02. The maximum absolute atomic E-state index is 9.04. The van der Waals surface area contributed by atoms with Gasteiger partial charge in [-0.2, -0.15) is 17.0 Å². The molecule has 19 heavy (non-hydrogen) atoms. The number of thioether (sulfide) groups is 1. The van der Waals surface area contributed by atoms with Gasteiger partial charge in [-0.25, -0.2) is 0 Å². The summed E-state index contributed by atoms with van der Waals surface area (Å²) in [6, 6.07) is 18.3. The summed E-state index contributed by atoms with van der Waals surface area (Å²) in [6.45, 7) is 0. The Morgan fingerprint density at radius 2 is 1.79 bits per heavy atom. The first kappa shape index (κ1) is 13.5. The Morgan fingerprint density at radius 1 is 1.05 bits per heavy atom. The van der Waals surface area contributed by atoms with E-state index in [2.05, 4.69) is 30.3 Å². The normalized spacial score (nSPS) is 9.89. The summed E-state index contributed by atoms with van der Waals surface area (Å²) in [7, 11) is 1.58. The number of methoxy groups -OCH3 is 1. The van der Waals surface area contributed by atoms with Gasteiger partial charge in [0.15, 0.2) is 0 Å². The fourth-order valence-corrected chi connectivity index (χ4v) is 2.74. The van der Waals surface area contributed by atoms with Gasteiger partial charge in [-0.15, -0.1) is 0 Å². The van der Waals surface area contributed by atoms with E-state index >= 15 is 0 Å². The number of nitrogens with zero attached hydrogens (tertiary/aromatic N) is 1. The van der Waals surface area contributed by atoms with Crippen molar-refractivity contribution in [2.45, 2.75) is 11.5 Å². The van der Waals surface area contributed by atoms with E-state index in [0.717, 1.165) is 17.1 Å². The molecule has 96 valence electrons. The van der Waals surface area contributed by atoms with E-state index in [4.69, 9.17) is 10.00 Å². The van der Waals surface area contributed by atoms with Crippen LogP contribution in [0.5, 0.6) is 5.75 Å². The number of nitriles is 1. The highest BCUT2D eigenvalue weighted by atomic mass is 32.2. The van der Waals surface area contributed by atoms with Crippen LogP contribution in [0.15, 0.2) is 48.5 Å². The monoisotopic (exact) mass is 269 g/mol. The predicted octanol–water partition coefficient (Wildman–Crippen LogP) is 4.00. The molecule has 0 atom stereocenters. The van der Waals surface area contributed by atoms with Gasteiger partial charge in [0.25, 0.3) is 0 Å². The van der Waals surface area contributed by atoms with Gasteiger partial charge in [-0.3, -0.25) is 0 Å². The quantitative estimate of drug-likeness (QED) is 0.822. The zero-order valence-electron chi connectivity index (χ0n) is 10.8. The Labute approximate surface area is 118 Å². The number of ether oxygens (including phenoxy) is 1. The minimum absolute atomic E-state index is 0.598. The Hall–Kier alpha value is -1.92. The second kappa shape index (κ2) is 6.86. The molecule has 0 aliphatic rings. The Bertz CT molecular complexity index is 575. The smallest absolute Gasteiger partial charge is 0.136 e. The third-order valence-corrected chi connectivity index (χ3v) is 3.84. The molecule has 0 saturated heterocycles. The van der Waals surface area contributed by atoms with Crippen LogP contribution < -0.4 is 4.74 Å². The van der Waals surface area contributed by atoms with Gasteiger partial charge in [0.1, 0.15) is 11.8 Å². The molecule has 2 nitrogen and oxygen atoms in total. The molecular formula is C16H15NOS. The summed E-state index contributed by atoms with van der Waals surface area (Å²) in [5.41, 5.74) is 3.07. The topological polar surface area (TPSA) is 33.0 Å². The van der Waals surface area contributed by atoms with Gasteiger partial charge in [0.05, 0.1) is 12.7 Å². The minimum atomic E-state index is 0.598. The van der Waals surface area contributed by atoms with Crippen LogP contribution in [0.25, 0.3) is 0 Å². The average molecular weight is 269 g/mol. The van der Waals surface area contributed by atoms with Crippen molar-refractivity contribution in [2.75, 3.05) is 7.11 Å². The van der Waals surface area contributed by atoms with E-state index < -0.39 is 0 Å². The van der Waals surface area contributed by atoms with Crippen molar-refractivity contribution in [3.05, 3.63) is 65.2 Å². The third kappa shape index (κ3) is 3.77. The Balaban J connectivity index is 1.95. The van der Waals surface area contributed by atoms with Crippen molar-refractivity contribution in [1.82, 2.24) is 0 Å². The second-order valence-electron chi connectivity index (χ2n) is 4.12. The third-order valence-electron chi connectivity index (χ3n) is 2.76. The number of rotatable bonds is 5. The van der Waals surface area contributed by atoms with Crippen molar-refractivity contribution in [1.29, 1.82) is 5.26 Å². The van der Waals surface area contributed by atoms with Gasteiger partial charge < -0.3 is 4.74 Å². The van der Waals surface area contributed by atoms with Crippen LogP contribution in [0, 0.1) is 11.3 Å². The van der Waals surface area contributed by atoms with Crippen molar-refractivity contribution in [3.63, 3.8) is 0 Å². The molecule has 0 N–H and O–H groups in total. The summed E-state index contributed by atoms with van der Waals surface area (Å²) >= 11 is 1.84. The highest BCUT2D eigenvalue weighted by Gasteiger charge is 2.03. The van der Waals surface area contributed by atoms with Gasteiger partial charge in [-0.05, 0) is 23.3 Å². The lowest BCUT2D eigenvalue weighted by molar-refractivity contribution is 0.413. The lowest BCUT2D eigenvalue weighted by Crippen LogP contribution is -1.90. The van der Waals surface area contributed by atoms with Crippen molar-refractivity contribution >= 4 is 11.8 Å². The first-order chi connectivity index (χ1) is 9.33. The van der Waals surface area contributed by atoms with Crippen molar-refractivity contribution in [3.8, 4) is 11.8 Å². The summed E-state index contributed by atoms with van der Waals surface area (Å²) < 4.78 is 5.14. The van der Waals surface area contributed by atoms with Gasteiger partial charge in [0, 0.05) is 11.5 Å². The second-order valence-corrected chi connectivity index (χ2v) is 5.11. The zero-order chi connectivity index (χ0) is 13.5. The van der Waals surface area contributed by atoms with Crippen LogP contribution in [0.4, 0.5) is 0 Å². The molecule has 0 fully saturated rings. The van der Waals surface area contributed by atoms with Gasteiger partial charge in [0.2, 0.25) is 0 Å². The van der Waals surface area contributed by atoms with Crippen LogP contribution in [0.2, 0.25) is 0 Å². The van der Waals surface area contributed by atoms with E-state index in [1.54, 1.807) is 7.11 Å². The molecule has 0 radical (unpaired) electrons. The first-order valence-corrected chi connectivity index (χ1v) is 7.17.